The number of hydrogen-bond acceptors (Lipinski definition) is 7. The lowest BCUT2D eigenvalue weighted by molar-refractivity contribution is -0.262. The molecule has 2 aromatic rings. The largest absolute Gasteiger partial charge is 0.451 e. The lowest BCUT2D eigenvalue weighted by Gasteiger charge is -2.31. The molecule has 2 aliphatic heterocycles. The van der Waals surface area contributed by atoms with Crippen LogP contribution in [0.25, 0.3) is 10.9 Å². The molecule has 0 spiro atoms. The van der Waals surface area contributed by atoms with Gasteiger partial charge < -0.3 is 29.6 Å². The fourth-order valence-corrected chi connectivity index (χ4v) is 3.50. The van der Waals surface area contributed by atoms with Crippen LogP contribution in [0.1, 0.15) is 5.56 Å². The molecule has 0 saturated carbocycles. The van der Waals surface area contributed by atoms with Crippen LogP contribution in [0.5, 0.6) is 0 Å². The second-order valence-electron chi connectivity index (χ2n) is 6.12. The first-order chi connectivity index (χ1) is 11.4. The van der Waals surface area contributed by atoms with Gasteiger partial charge in [0.05, 0.1) is 12.1 Å². The molecule has 3 heterocycles. The SMILES string of the molecule is COn1cc(C[C@@]2(O)C(=O)O[C@@H]3C(O)CO[C@@]32O)c2ccccc21. The molecule has 24 heavy (non-hydrogen) atoms. The van der Waals surface area contributed by atoms with Gasteiger partial charge in [0.15, 0.2) is 6.10 Å². The van der Waals surface area contributed by atoms with Crippen LogP contribution >= 0.6 is 0 Å². The summed E-state index contributed by atoms with van der Waals surface area (Å²) < 4.78 is 11.6. The summed E-state index contributed by atoms with van der Waals surface area (Å²) in [7, 11) is 1.49. The Morgan fingerprint density at radius 2 is 2.12 bits per heavy atom. The van der Waals surface area contributed by atoms with E-state index in [0.717, 1.165) is 10.9 Å². The summed E-state index contributed by atoms with van der Waals surface area (Å²) in [5.74, 6) is -3.32. The molecule has 1 unspecified atom stereocenters. The van der Waals surface area contributed by atoms with Crippen LogP contribution in [0.2, 0.25) is 0 Å². The maximum atomic E-state index is 12.2. The molecule has 8 nitrogen and oxygen atoms in total. The fraction of sp³-hybridized carbons (Fsp3) is 0.438. The number of ether oxygens (including phenoxy) is 2. The standard InChI is InChI=1S/C16H17NO7/c1-22-17-7-9(10-4-2-3-5-11(10)17)6-15(20)14(19)24-13-12(18)8-23-16(13,15)21/h2-5,7,12-13,18,20-21H,6,8H2,1H3/t12?,13-,15-,16+/m1/s1. The van der Waals surface area contributed by atoms with Crippen molar-refractivity contribution in [1.82, 2.24) is 4.73 Å². The number of aliphatic hydroxyl groups excluding tert-OH is 1. The molecular weight excluding hydrogens is 318 g/mol. The number of carbonyl (C=O) groups is 1. The first-order valence-corrected chi connectivity index (χ1v) is 7.52. The first-order valence-electron chi connectivity index (χ1n) is 7.52. The Balaban J connectivity index is 1.79. The average Bonchev–Trinajstić information content (AvgIpc) is 3.14. The van der Waals surface area contributed by atoms with Gasteiger partial charge in [0.2, 0.25) is 11.4 Å². The highest BCUT2D eigenvalue weighted by Gasteiger charge is 2.73. The van der Waals surface area contributed by atoms with Gasteiger partial charge in [-0.25, -0.2) is 4.79 Å². The van der Waals surface area contributed by atoms with Gasteiger partial charge in [-0.1, -0.05) is 18.2 Å². The summed E-state index contributed by atoms with van der Waals surface area (Å²) in [6, 6.07) is 7.29. The van der Waals surface area contributed by atoms with E-state index < -0.39 is 29.6 Å². The van der Waals surface area contributed by atoms with Crippen LogP contribution in [0, 0.1) is 0 Å². The number of aromatic nitrogens is 1. The number of benzene rings is 1. The highest BCUT2D eigenvalue weighted by atomic mass is 16.7. The summed E-state index contributed by atoms with van der Waals surface area (Å²) in [4.78, 5) is 17.5. The Hall–Kier alpha value is -2.13. The van der Waals surface area contributed by atoms with E-state index in [2.05, 4.69) is 0 Å². The van der Waals surface area contributed by atoms with E-state index in [0.29, 0.717) is 5.56 Å². The predicted molar refractivity (Wildman–Crippen MR) is 79.9 cm³/mol. The van der Waals surface area contributed by atoms with Crippen molar-refractivity contribution in [2.45, 2.75) is 30.0 Å². The van der Waals surface area contributed by atoms with Crippen molar-refractivity contribution in [3.63, 3.8) is 0 Å². The summed E-state index contributed by atoms with van der Waals surface area (Å²) >= 11 is 0. The van der Waals surface area contributed by atoms with E-state index >= 15 is 0 Å². The van der Waals surface area contributed by atoms with Crippen molar-refractivity contribution in [1.29, 1.82) is 0 Å². The maximum Gasteiger partial charge on any atom is 0.344 e. The minimum Gasteiger partial charge on any atom is -0.451 e. The fourth-order valence-electron chi connectivity index (χ4n) is 3.50. The van der Waals surface area contributed by atoms with Gasteiger partial charge in [-0.3, -0.25) is 0 Å². The second-order valence-corrected chi connectivity index (χ2v) is 6.12. The van der Waals surface area contributed by atoms with E-state index in [1.165, 1.54) is 11.8 Å². The predicted octanol–water partition coefficient (Wildman–Crippen LogP) is -1.02. The van der Waals surface area contributed by atoms with Crippen molar-refractivity contribution in [3.05, 3.63) is 36.0 Å². The molecule has 1 aromatic heterocycles. The summed E-state index contributed by atoms with van der Waals surface area (Å²) in [6.07, 6.45) is -1.13. The van der Waals surface area contributed by atoms with Crippen molar-refractivity contribution < 1.29 is 34.4 Å². The van der Waals surface area contributed by atoms with Crippen LogP contribution in [-0.4, -0.2) is 63.3 Å². The first kappa shape index (κ1) is 15.4. The molecule has 1 aromatic carbocycles. The van der Waals surface area contributed by atoms with Gasteiger partial charge in [0.1, 0.15) is 13.2 Å². The number of aliphatic hydroxyl groups is 3. The minimum absolute atomic E-state index is 0.226. The number of rotatable bonds is 3. The Morgan fingerprint density at radius 1 is 1.38 bits per heavy atom. The van der Waals surface area contributed by atoms with Crippen molar-refractivity contribution >= 4 is 16.9 Å². The Labute approximate surface area is 136 Å². The summed E-state index contributed by atoms with van der Waals surface area (Å²) in [6.45, 7) is -0.226. The van der Waals surface area contributed by atoms with Crippen molar-refractivity contribution in [2.24, 2.45) is 0 Å². The Morgan fingerprint density at radius 3 is 2.88 bits per heavy atom. The monoisotopic (exact) mass is 335 g/mol. The van der Waals surface area contributed by atoms with Gasteiger partial charge >= 0.3 is 5.97 Å². The van der Waals surface area contributed by atoms with Gasteiger partial charge in [-0.2, -0.15) is 4.73 Å². The van der Waals surface area contributed by atoms with E-state index in [9.17, 15) is 20.1 Å². The Bertz CT molecular complexity index is 818. The van der Waals surface area contributed by atoms with Gasteiger partial charge in [-0.15, -0.1) is 0 Å². The highest BCUT2D eigenvalue weighted by molar-refractivity contribution is 5.88. The van der Waals surface area contributed by atoms with Crippen LogP contribution in [-0.2, 0) is 20.7 Å². The topological polar surface area (TPSA) is 110 Å². The number of carbonyl (C=O) groups excluding carboxylic acids is 1. The number of nitrogens with zero attached hydrogens (tertiary/aromatic N) is 1. The molecule has 2 aliphatic rings. The third kappa shape index (κ3) is 1.79. The molecule has 128 valence electrons. The molecule has 0 radical (unpaired) electrons. The van der Waals surface area contributed by atoms with E-state index in [-0.39, 0.29) is 13.0 Å². The minimum atomic E-state index is -2.32. The van der Waals surface area contributed by atoms with Crippen LogP contribution in [0.4, 0.5) is 0 Å². The number of para-hydroxylation sites is 1. The highest BCUT2D eigenvalue weighted by Crippen LogP contribution is 2.45. The number of fused-ring (bicyclic) bond motifs is 2. The zero-order valence-corrected chi connectivity index (χ0v) is 12.9. The van der Waals surface area contributed by atoms with E-state index in [4.69, 9.17) is 14.3 Å². The smallest absolute Gasteiger partial charge is 0.344 e. The molecule has 4 rings (SSSR count). The molecule has 2 saturated heterocycles. The lowest BCUT2D eigenvalue weighted by atomic mass is 9.85. The molecule has 2 fully saturated rings. The number of hydrogen-bond donors (Lipinski definition) is 3. The van der Waals surface area contributed by atoms with Crippen LogP contribution in [0.15, 0.2) is 30.5 Å². The molecule has 0 aliphatic carbocycles. The van der Waals surface area contributed by atoms with Gasteiger partial charge in [0.25, 0.3) is 0 Å². The Kier molecular flexibility index (Phi) is 3.17. The molecule has 3 N–H and O–H groups in total. The molecule has 8 heteroatoms. The van der Waals surface area contributed by atoms with Gasteiger partial charge in [-0.05, 0) is 11.6 Å². The van der Waals surface area contributed by atoms with Crippen LogP contribution < -0.4 is 4.84 Å². The second kappa shape index (κ2) is 4.93. The zero-order chi connectivity index (χ0) is 17.1. The molecule has 0 bridgehead atoms. The third-order valence-electron chi connectivity index (χ3n) is 4.78. The summed E-state index contributed by atoms with van der Waals surface area (Å²) in [5, 5.41) is 32.1. The summed E-state index contributed by atoms with van der Waals surface area (Å²) in [5.41, 5.74) is -0.996. The normalized spacial score (nSPS) is 35.2. The van der Waals surface area contributed by atoms with Crippen molar-refractivity contribution in [3.8, 4) is 0 Å². The van der Waals surface area contributed by atoms with E-state index in [1.807, 2.05) is 24.3 Å². The quantitative estimate of drug-likeness (QED) is 0.616. The molecule has 4 atom stereocenters. The number of esters is 1. The zero-order valence-electron chi connectivity index (χ0n) is 12.9. The molecule has 0 amide bonds. The average molecular weight is 335 g/mol. The lowest BCUT2D eigenvalue weighted by Crippen LogP contribution is -2.59. The third-order valence-corrected chi connectivity index (χ3v) is 4.78. The maximum absolute atomic E-state index is 12.2. The van der Waals surface area contributed by atoms with Crippen LogP contribution in [0.3, 0.4) is 0 Å². The van der Waals surface area contributed by atoms with E-state index in [1.54, 1.807) is 6.20 Å². The molecular formula is C16H17NO7. The van der Waals surface area contributed by atoms with Crippen molar-refractivity contribution in [2.75, 3.05) is 13.7 Å². The van der Waals surface area contributed by atoms with Gasteiger partial charge in [0, 0.05) is 18.0 Å².